The molecule has 0 unspecified atom stereocenters. The summed E-state index contributed by atoms with van der Waals surface area (Å²) in [5.41, 5.74) is 0. The average molecular weight is 198 g/mol. The van der Waals surface area contributed by atoms with Crippen LogP contribution in [-0.2, 0) is 4.79 Å². The molecule has 3 nitrogen and oxygen atoms in total. The molecule has 0 aromatic heterocycles. The van der Waals surface area contributed by atoms with Crippen LogP contribution in [0.2, 0.25) is 0 Å². The fourth-order valence-electron chi connectivity index (χ4n) is 2.71. The van der Waals surface area contributed by atoms with Crippen molar-refractivity contribution in [3.8, 4) is 0 Å². The normalized spacial score (nSPS) is 45.4. The minimum absolute atomic E-state index is 0.0636. The predicted molar refractivity (Wildman–Crippen MR) is 49.5 cm³/mol. The molecule has 78 valence electrons. The number of carbonyl (C=O) groups is 1. The third-order valence-electron chi connectivity index (χ3n) is 3.63. The summed E-state index contributed by atoms with van der Waals surface area (Å²) < 4.78 is 12.8. The minimum Gasteiger partial charge on any atom is -0.338 e. The molecular formula is C10H15FN2O. The molecule has 0 radical (unpaired) electrons. The Labute approximate surface area is 82.6 Å². The van der Waals surface area contributed by atoms with Gasteiger partial charge in [-0.25, -0.2) is 4.39 Å². The van der Waals surface area contributed by atoms with Crippen molar-refractivity contribution < 1.29 is 9.18 Å². The van der Waals surface area contributed by atoms with Crippen LogP contribution in [-0.4, -0.2) is 42.7 Å². The molecule has 3 fully saturated rings. The molecule has 0 aromatic carbocycles. The van der Waals surface area contributed by atoms with E-state index in [2.05, 4.69) is 5.32 Å². The maximum Gasteiger partial charge on any atom is 0.229 e. The first-order valence-corrected chi connectivity index (χ1v) is 5.41. The second-order valence-electron chi connectivity index (χ2n) is 4.76. The van der Waals surface area contributed by atoms with Crippen LogP contribution in [0.25, 0.3) is 0 Å². The zero-order valence-corrected chi connectivity index (χ0v) is 8.08. The van der Waals surface area contributed by atoms with Gasteiger partial charge in [0.25, 0.3) is 0 Å². The summed E-state index contributed by atoms with van der Waals surface area (Å²) in [6.45, 7) is 2.76. The second kappa shape index (κ2) is 2.92. The van der Waals surface area contributed by atoms with E-state index in [1.807, 2.05) is 4.90 Å². The predicted octanol–water partition coefficient (Wildman–Crippen LogP) is 0.165. The Morgan fingerprint density at radius 3 is 2.79 bits per heavy atom. The molecule has 14 heavy (non-hydrogen) atoms. The van der Waals surface area contributed by atoms with Gasteiger partial charge < -0.3 is 10.2 Å². The lowest BCUT2D eigenvalue weighted by molar-refractivity contribution is -0.133. The topological polar surface area (TPSA) is 32.3 Å². The van der Waals surface area contributed by atoms with Crippen LogP contribution in [0.1, 0.15) is 12.8 Å². The Bertz CT molecular complexity index is 271. The van der Waals surface area contributed by atoms with Gasteiger partial charge >= 0.3 is 0 Å². The zero-order chi connectivity index (χ0) is 9.71. The number of amides is 1. The first-order chi connectivity index (χ1) is 6.75. The van der Waals surface area contributed by atoms with Crippen molar-refractivity contribution in [2.75, 3.05) is 19.6 Å². The van der Waals surface area contributed by atoms with Crippen LogP contribution >= 0.6 is 0 Å². The van der Waals surface area contributed by atoms with E-state index in [0.717, 1.165) is 26.1 Å². The first kappa shape index (κ1) is 8.65. The van der Waals surface area contributed by atoms with Crippen molar-refractivity contribution in [1.29, 1.82) is 0 Å². The lowest BCUT2D eigenvalue weighted by Gasteiger charge is -2.24. The molecule has 1 N–H and O–H groups in total. The molecule has 4 atom stereocenters. The number of likely N-dealkylation sites (tertiary alicyclic amines) is 1. The molecule has 1 saturated carbocycles. The molecule has 2 heterocycles. The Morgan fingerprint density at radius 2 is 2.14 bits per heavy atom. The number of hydrogen-bond acceptors (Lipinski definition) is 2. The summed E-state index contributed by atoms with van der Waals surface area (Å²) in [6.07, 6.45) is 0.721. The van der Waals surface area contributed by atoms with Crippen LogP contribution in [0.4, 0.5) is 4.39 Å². The van der Waals surface area contributed by atoms with Gasteiger partial charge in [-0.05, 0) is 25.3 Å². The lowest BCUT2D eigenvalue weighted by atomic mass is 10.0. The van der Waals surface area contributed by atoms with Gasteiger partial charge in [0, 0.05) is 19.1 Å². The monoisotopic (exact) mass is 198 g/mol. The quantitative estimate of drug-likeness (QED) is 0.651. The summed E-state index contributed by atoms with van der Waals surface area (Å²) in [6, 6.07) is 0.342. The Hall–Kier alpha value is -0.640. The van der Waals surface area contributed by atoms with Crippen LogP contribution in [0.15, 0.2) is 0 Å². The Morgan fingerprint density at radius 1 is 1.36 bits per heavy atom. The van der Waals surface area contributed by atoms with Crippen molar-refractivity contribution in [3.05, 3.63) is 0 Å². The van der Waals surface area contributed by atoms with E-state index in [-0.39, 0.29) is 11.8 Å². The number of fused-ring (bicyclic) bond motifs is 2. The summed E-state index contributed by atoms with van der Waals surface area (Å²) in [4.78, 5) is 13.7. The SMILES string of the molecule is O=C([C@H]1C[C@H]1F)N1C[C@@H]2CNC[C@H]1C2. The molecule has 1 amide bonds. The third-order valence-corrected chi connectivity index (χ3v) is 3.63. The largest absolute Gasteiger partial charge is 0.338 e. The van der Waals surface area contributed by atoms with E-state index in [9.17, 15) is 9.18 Å². The molecule has 0 spiro atoms. The molecule has 3 rings (SSSR count). The fraction of sp³-hybridized carbons (Fsp3) is 0.900. The molecule has 2 bridgehead atoms. The van der Waals surface area contributed by atoms with Crippen molar-refractivity contribution in [1.82, 2.24) is 10.2 Å². The lowest BCUT2D eigenvalue weighted by Crippen LogP contribution is -2.42. The molecule has 0 aromatic rings. The van der Waals surface area contributed by atoms with E-state index in [1.165, 1.54) is 0 Å². The number of nitrogens with zero attached hydrogens (tertiary/aromatic N) is 1. The summed E-state index contributed by atoms with van der Waals surface area (Å²) >= 11 is 0. The van der Waals surface area contributed by atoms with E-state index >= 15 is 0 Å². The highest BCUT2D eigenvalue weighted by atomic mass is 19.1. The highest BCUT2D eigenvalue weighted by Crippen LogP contribution is 2.38. The van der Waals surface area contributed by atoms with Crippen LogP contribution < -0.4 is 5.32 Å². The van der Waals surface area contributed by atoms with Gasteiger partial charge in [0.2, 0.25) is 5.91 Å². The number of piperidine rings is 1. The summed E-state index contributed by atoms with van der Waals surface area (Å²) in [7, 11) is 0. The van der Waals surface area contributed by atoms with Crippen molar-refractivity contribution in [2.24, 2.45) is 11.8 Å². The second-order valence-corrected chi connectivity index (χ2v) is 4.76. The third kappa shape index (κ3) is 1.24. The molecule has 2 saturated heterocycles. The molecule has 3 aliphatic rings. The molecular weight excluding hydrogens is 183 g/mol. The average Bonchev–Trinajstić information content (AvgIpc) is 2.84. The van der Waals surface area contributed by atoms with Gasteiger partial charge in [0.05, 0.1) is 5.92 Å². The van der Waals surface area contributed by atoms with E-state index in [4.69, 9.17) is 0 Å². The van der Waals surface area contributed by atoms with Gasteiger partial charge in [-0.3, -0.25) is 4.79 Å². The van der Waals surface area contributed by atoms with Gasteiger partial charge in [0.1, 0.15) is 6.17 Å². The van der Waals surface area contributed by atoms with Crippen molar-refractivity contribution in [2.45, 2.75) is 25.1 Å². The Balaban J connectivity index is 1.70. The zero-order valence-electron chi connectivity index (χ0n) is 8.08. The standard InChI is InChI=1S/C10H15FN2O/c11-9-2-8(9)10(14)13-5-6-1-7(13)4-12-3-6/h6-9,12H,1-5H2/t6-,7+,8-,9+/m0/s1. The number of alkyl halides is 1. The highest BCUT2D eigenvalue weighted by Gasteiger charge is 2.49. The highest BCUT2D eigenvalue weighted by molar-refractivity contribution is 5.82. The Kier molecular flexibility index (Phi) is 1.81. The van der Waals surface area contributed by atoms with Gasteiger partial charge in [-0.15, -0.1) is 0 Å². The fourth-order valence-corrected chi connectivity index (χ4v) is 2.71. The molecule has 4 heteroatoms. The smallest absolute Gasteiger partial charge is 0.229 e. The summed E-state index contributed by atoms with van der Waals surface area (Å²) in [5, 5.41) is 3.31. The van der Waals surface area contributed by atoms with Gasteiger partial charge in [-0.1, -0.05) is 0 Å². The van der Waals surface area contributed by atoms with Crippen LogP contribution in [0.5, 0.6) is 0 Å². The van der Waals surface area contributed by atoms with Crippen molar-refractivity contribution in [3.63, 3.8) is 0 Å². The van der Waals surface area contributed by atoms with Crippen molar-refractivity contribution >= 4 is 5.91 Å². The summed E-state index contributed by atoms with van der Waals surface area (Å²) in [5.74, 6) is 0.373. The number of carbonyl (C=O) groups excluding carboxylic acids is 1. The molecule has 2 aliphatic heterocycles. The van der Waals surface area contributed by atoms with E-state index < -0.39 is 6.17 Å². The molecule has 1 aliphatic carbocycles. The maximum absolute atomic E-state index is 12.8. The number of hydrogen-bond donors (Lipinski definition) is 1. The van der Waals surface area contributed by atoms with Crippen LogP contribution in [0, 0.1) is 11.8 Å². The van der Waals surface area contributed by atoms with E-state index in [1.54, 1.807) is 0 Å². The number of halogens is 1. The van der Waals surface area contributed by atoms with E-state index in [0.29, 0.717) is 18.4 Å². The van der Waals surface area contributed by atoms with Crippen LogP contribution in [0.3, 0.4) is 0 Å². The number of rotatable bonds is 1. The van der Waals surface area contributed by atoms with Gasteiger partial charge in [-0.2, -0.15) is 0 Å². The number of nitrogens with one attached hydrogen (secondary N) is 1. The minimum atomic E-state index is -0.851. The maximum atomic E-state index is 12.8. The van der Waals surface area contributed by atoms with Gasteiger partial charge in [0.15, 0.2) is 0 Å². The first-order valence-electron chi connectivity index (χ1n) is 5.41.